The first-order chi connectivity index (χ1) is 5.38. The van der Waals surface area contributed by atoms with Gasteiger partial charge in [-0.2, -0.15) is 0 Å². The van der Waals surface area contributed by atoms with Crippen LogP contribution in [0.2, 0.25) is 0 Å². The third kappa shape index (κ3) is 1.59. The van der Waals surface area contributed by atoms with Crippen LogP contribution in [-0.4, -0.2) is 6.29 Å². The molecule has 0 amide bonds. The largest absolute Gasteiger partial charge is 0.407 e. The molecule has 0 aromatic heterocycles. The minimum Gasteiger partial charge on any atom is -0.407 e. The summed E-state index contributed by atoms with van der Waals surface area (Å²) in [5.41, 5.74) is 0.463. The van der Waals surface area contributed by atoms with Crippen molar-refractivity contribution in [3.63, 3.8) is 0 Å². The number of ether oxygens (including phenoxy) is 1. The molecule has 0 fully saturated rings. The highest BCUT2D eigenvalue weighted by atomic mass is 16.5. The quantitative estimate of drug-likeness (QED) is 0.466. The van der Waals surface area contributed by atoms with Crippen LogP contribution in [0.3, 0.4) is 0 Å². The Labute approximate surface area is 64.8 Å². The Hall–Kier alpha value is -1.75. The van der Waals surface area contributed by atoms with E-state index in [1.165, 1.54) is 0 Å². The maximum absolute atomic E-state index is 10.4. The molecule has 2 heteroatoms. The van der Waals surface area contributed by atoms with Crippen molar-refractivity contribution in [1.29, 1.82) is 0 Å². The molecule has 0 atom stereocenters. The summed E-state index contributed by atoms with van der Waals surface area (Å²) >= 11 is 0. The Balaban J connectivity index is 3.04. The third-order valence-corrected chi connectivity index (χ3v) is 1.21. The number of terminal acetylenes is 1. The van der Waals surface area contributed by atoms with Crippen molar-refractivity contribution < 1.29 is 9.53 Å². The number of aldehydes is 1. The molecule has 2 nitrogen and oxygen atoms in total. The minimum absolute atomic E-state index is 0.421. The summed E-state index contributed by atoms with van der Waals surface area (Å²) in [6.45, 7) is 0. The molecule has 0 bridgehead atoms. The standard InChI is InChI=1S/C9H6O2/c1-2-11-9-6-4-3-5-8(9)7-10/h1,3-7H. The van der Waals surface area contributed by atoms with Crippen molar-refractivity contribution in [2.75, 3.05) is 0 Å². The monoisotopic (exact) mass is 146 g/mol. The van der Waals surface area contributed by atoms with Crippen LogP contribution < -0.4 is 4.74 Å². The number of para-hydroxylation sites is 1. The highest BCUT2D eigenvalue weighted by Gasteiger charge is 1.98. The molecule has 0 aliphatic rings. The lowest BCUT2D eigenvalue weighted by molar-refractivity contribution is 0.112. The number of carbonyl (C=O) groups excluding carboxylic acids is 1. The summed E-state index contributed by atoms with van der Waals surface area (Å²) in [6, 6.07) is 6.77. The average Bonchev–Trinajstić information content (AvgIpc) is 2.06. The highest BCUT2D eigenvalue weighted by molar-refractivity contribution is 5.79. The average molecular weight is 146 g/mol. The summed E-state index contributed by atoms with van der Waals surface area (Å²) in [5.74, 6) is 0.421. The molecule has 0 spiro atoms. The Morgan fingerprint density at radius 1 is 1.45 bits per heavy atom. The van der Waals surface area contributed by atoms with E-state index in [2.05, 4.69) is 0 Å². The van der Waals surface area contributed by atoms with Crippen LogP contribution in [0, 0.1) is 12.5 Å². The summed E-state index contributed by atoms with van der Waals surface area (Å²) in [4.78, 5) is 10.4. The van der Waals surface area contributed by atoms with Gasteiger partial charge in [0, 0.05) is 0 Å². The van der Waals surface area contributed by atoms with Crippen molar-refractivity contribution in [2.45, 2.75) is 0 Å². The smallest absolute Gasteiger partial charge is 0.153 e. The number of hydrogen-bond donors (Lipinski definition) is 0. The lowest BCUT2D eigenvalue weighted by atomic mass is 10.2. The molecule has 0 saturated heterocycles. The minimum atomic E-state index is 0.421. The zero-order chi connectivity index (χ0) is 8.10. The highest BCUT2D eigenvalue weighted by Crippen LogP contribution is 2.14. The van der Waals surface area contributed by atoms with E-state index >= 15 is 0 Å². The lowest BCUT2D eigenvalue weighted by Crippen LogP contribution is -1.87. The topological polar surface area (TPSA) is 26.3 Å². The second-order valence-corrected chi connectivity index (χ2v) is 1.88. The summed E-state index contributed by atoms with van der Waals surface area (Å²) in [6.07, 6.45) is 7.60. The van der Waals surface area contributed by atoms with Gasteiger partial charge in [0.15, 0.2) is 12.0 Å². The predicted molar refractivity (Wildman–Crippen MR) is 41.3 cm³/mol. The fourth-order valence-corrected chi connectivity index (χ4v) is 0.734. The fourth-order valence-electron chi connectivity index (χ4n) is 0.734. The van der Waals surface area contributed by atoms with E-state index in [-0.39, 0.29) is 0 Å². The van der Waals surface area contributed by atoms with Gasteiger partial charge >= 0.3 is 0 Å². The van der Waals surface area contributed by atoms with Gasteiger partial charge in [-0.3, -0.25) is 4.79 Å². The number of hydrogen-bond acceptors (Lipinski definition) is 2. The van der Waals surface area contributed by atoms with Gasteiger partial charge in [0.05, 0.1) is 5.56 Å². The molecule has 0 unspecified atom stereocenters. The third-order valence-electron chi connectivity index (χ3n) is 1.21. The maximum atomic E-state index is 10.4. The molecule has 0 N–H and O–H groups in total. The van der Waals surface area contributed by atoms with Crippen LogP contribution in [-0.2, 0) is 0 Å². The van der Waals surface area contributed by atoms with Gasteiger partial charge in [0.1, 0.15) is 6.11 Å². The summed E-state index contributed by atoms with van der Waals surface area (Å²) in [7, 11) is 0. The molecule has 0 heterocycles. The molecular weight excluding hydrogens is 140 g/mol. The Morgan fingerprint density at radius 2 is 2.18 bits per heavy atom. The molecule has 1 aromatic rings. The van der Waals surface area contributed by atoms with Crippen LogP contribution in [0.15, 0.2) is 24.3 Å². The van der Waals surface area contributed by atoms with Crippen molar-refractivity contribution in [3.05, 3.63) is 29.8 Å². The van der Waals surface area contributed by atoms with E-state index in [9.17, 15) is 4.79 Å². The number of rotatable bonds is 2. The first-order valence-electron chi connectivity index (χ1n) is 3.05. The molecular formula is C9H6O2. The van der Waals surface area contributed by atoms with Gasteiger partial charge in [-0.05, 0) is 12.1 Å². The normalized spacial score (nSPS) is 8.27. The lowest BCUT2D eigenvalue weighted by Gasteiger charge is -1.97. The van der Waals surface area contributed by atoms with E-state index in [1.807, 2.05) is 6.11 Å². The maximum Gasteiger partial charge on any atom is 0.153 e. The van der Waals surface area contributed by atoms with Gasteiger partial charge in [0.2, 0.25) is 0 Å². The Kier molecular flexibility index (Phi) is 2.29. The number of carbonyl (C=O) groups is 1. The molecule has 54 valence electrons. The molecule has 0 radical (unpaired) electrons. The van der Waals surface area contributed by atoms with Crippen LogP contribution in [0.25, 0.3) is 0 Å². The molecule has 0 saturated carbocycles. The molecule has 1 rings (SSSR count). The van der Waals surface area contributed by atoms with Crippen molar-refractivity contribution in [3.8, 4) is 18.3 Å². The van der Waals surface area contributed by atoms with Crippen molar-refractivity contribution in [2.24, 2.45) is 0 Å². The Morgan fingerprint density at radius 3 is 2.82 bits per heavy atom. The fraction of sp³-hybridized carbons (Fsp3) is 0. The van der Waals surface area contributed by atoms with Crippen molar-refractivity contribution in [1.82, 2.24) is 0 Å². The van der Waals surface area contributed by atoms with Crippen molar-refractivity contribution >= 4 is 6.29 Å². The zero-order valence-electron chi connectivity index (χ0n) is 5.78. The van der Waals surface area contributed by atoms with Crippen LogP contribution >= 0.6 is 0 Å². The molecule has 11 heavy (non-hydrogen) atoms. The zero-order valence-corrected chi connectivity index (χ0v) is 5.78. The second-order valence-electron chi connectivity index (χ2n) is 1.88. The second kappa shape index (κ2) is 3.43. The van der Waals surface area contributed by atoms with Gasteiger partial charge < -0.3 is 4.74 Å². The summed E-state index contributed by atoms with van der Waals surface area (Å²) in [5, 5.41) is 0. The van der Waals surface area contributed by atoms with E-state index in [1.54, 1.807) is 24.3 Å². The molecule has 1 aromatic carbocycles. The molecule has 0 aliphatic carbocycles. The van der Waals surface area contributed by atoms with Crippen LogP contribution in [0.1, 0.15) is 10.4 Å². The first-order valence-corrected chi connectivity index (χ1v) is 3.05. The van der Waals surface area contributed by atoms with E-state index in [4.69, 9.17) is 11.2 Å². The van der Waals surface area contributed by atoms with Crippen LogP contribution in [0.5, 0.6) is 5.75 Å². The Bertz CT molecular complexity index is 297. The molecule has 0 aliphatic heterocycles. The first kappa shape index (κ1) is 7.36. The van der Waals surface area contributed by atoms with Gasteiger partial charge in [-0.25, -0.2) is 0 Å². The van der Waals surface area contributed by atoms with E-state index < -0.39 is 0 Å². The van der Waals surface area contributed by atoms with Gasteiger partial charge in [0.25, 0.3) is 0 Å². The number of benzene rings is 1. The predicted octanol–water partition coefficient (Wildman–Crippen LogP) is 1.47. The van der Waals surface area contributed by atoms with E-state index in [0.717, 1.165) is 0 Å². The van der Waals surface area contributed by atoms with Gasteiger partial charge in [-0.1, -0.05) is 18.6 Å². The van der Waals surface area contributed by atoms with Crippen LogP contribution in [0.4, 0.5) is 0 Å². The SMILES string of the molecule is C#COc1ccccc1C=O. The summed E-state index contributed by atoms with van der Waals surface area (Å²) < 4.78 is 4.72. The van der Waals surface area contributed by atoms with E-state index in [0.29, 0.717) is 17.6 Å². The van der Waals surface area contributed by atoms with Gasteiger partial charge in [-0.15, -0.1) is 0 Å².